The Labute approximate surface area is 476 Å². The van der Waals surface area contributed by atoms with Gasteiger partial charge in [0.05, 0.1) is 10.8 Å². The molecule has 0 unspecified atom stereocenters. The van der Waals surface area contributed by atoms with Gasteiger partial charge in [-0.3, -0.25) is 9.55 Å². The number of fused-ring (bicyclic) bond motifs is 6. The predicted octanol–water partition coefficient (Wildman–Crippen LogP) is 18.5. The van der Waals surface area contributed by atoms with Gasteiger partial charge in [0.25, 0.3) is 0 Å². The average molecular weight is 1040 g/mol. The summed E-state index contributed by atoms with van der Waals surface area (Å²) in [7, 11) is 0. The van der Waals surface area contributed by atoms with Gasteiger partial charge in [-0.25, -0.2) is 0 Å². The van der Waals surface area contributed by atoms with Crippen LogP contribution in [0.5, 0.6) is 0 Å². The first kappa shape index (κ1) is 49.8. The van der Waals surface area contributed by atoms with Crippen molar-refractivity contribution in [3.8, 4) is 73.0 Å². The number of para-hydroxylation sites is 1. The molecule has 81 heavy (non-hydrogen) atoms. The molecule has 390 valence electrons. The van der Waals surface area contributed by atoms with Crippen molar-refractivity contribution in [2.45, 2.75) is 51.4 Å². The molecule has 2 aliphatic rings. The van der Waals surface area contributed by atoms with Gasteiger partial charge >= 0.3 is 0 Å². The van der Waals surface area contributed by atoms with Crippen LogP contribution in [-0.2, 0) is 23.7 Å². The van der Waals surface area contributed by atoms with E-state index in [1.54, 1.807) is 6.20 Å². The van der Waals surface area contributed by atoms with Crippen molar-refractivity contribution in [3.63, 3.8) is 0 Å². The summed E-state index contributed by atoms with van der Waals surface area (Å²) in [6.07, 6.45) is 5.74. The lowest BCUT2D eigenvalue weighted by molar-refractivity contribution is 0.646. The van der Waals surface area contributed by atoms with Crippen LogP contribution in [0.2, 0.25) is 0 Å². The molecule has 0 amide bonds. The number of nitrogens with zero attached hydrogens (tertiary/aromatic N) is 4. The van der Waals surface area contributed by atoms with E-state index in [0.29, 0.717) is 11.8 Å². The average Bonchev–Trinajstić information content (AvgIpc) is 3.44. The third-order valence-corrected chi connectivity index (χ3v) is 17.0. The Morgan fingerprint density at radius 1 is 0.333 bits per heavy atom. The molecule has 4 nitrogen and oxygen atoms in total. The van der Waals surface area contributed by atoms with Crippen LogP contribution in [0.15, 0.2) is 267 Å². The van der Waals surface area contributed by atoms with Crippen molar-refractivity contribution < 1.29 is 0 Å². The monoisotopic (exact) mass is 1040 g/mol. The minimum absolute atomic E-state index is 0.560. The molecule has 0 aliphatic heterocycles. The fourth-order valence-corrected chi connectivity index (χ4v) is 13.7. The highest BCUT2D eigenvalue weighted by Crippen LogP contribution is 2.58. The highest BCUT2D eigenvalue weighted by atomic mass is 15.3. The largest absolute Gasteiger partial charge is 0.275 e. The Morgan fingerprint density at radius 2 is 0.728 bits per heavy atom. The molecule has 10 aromatic carbocycles. The van der Waals surface area contributed by atoms with Gasteiger partial charge in [-0.1, -0.05) is 228 Å². The van der Waals surface area contributed by atoms with Gasteiger partial charge in [0.1, 0.15) is 0 Å². The van der Waals surface area contributed by atoms with E-state index in [0.717, 1.165) is 63.6 Å². The number of rotatable bonds is 13. The molecule has 12 aromatic rings. The van der Waals surface area contributed by atoms with Crippen LogP contribution in [0.3, 0.4) is 0 Å². The molecular formula is C77H62N4. The second kappa shape index (κ2) is 20.3. The third-order valence-electron chi connectivity index (χ3n) is 17.0. The van der Waals surface area contributed by atoms with Crippen LogP contribution < -0.4 is 0 Å². The van der Waals surface area contributed by atoms with E-state index in [1.807, 2.05) is 12.3 Å². The zero-order valence-electron chi connectivity index (χ0n) is 46.3. The first-order valence-corrected chi connectivity index (χ1v) is 28.6. The standard InChI is InChI=1S/C77H62N4/c1-51(2)43-53-34-38-61(39-35-53)76(70-30-12-8-26-66(70)67-27-9-13-31-71(67)76)63-22-16-19-55(48-63)58-45-59(47-60(46-58)75-80-79-74(57-21-18-42-78-50-57)81(75)65-24-6-5-7-25-65)56-20-17-23-64(49-56)77(62-40-36-54(37-41-62)44-52(3)4)72-32-14-10-28-68(72)69-29-11-15-33-73(69)77/h5-42,45-52H,43-44H2,1-4H3. The lowest BCUT2D eigenvalue weighted by Gasteiger charge is -2.34. The lowest BCUT2D eigenvalue weighted by Crippen LogP contribution is -2.28. The Bertz CT molecular complexity index is 3980. The van der Waals surface area contributed by atoms with Gasteiger partial charge in [0.2, 0.25) is 0 Å². The first-order chi connectivity index (χ1) is 39.8. The second-order valence-corrected chi connectivity index (χ2v) is 23.0. The number of hydrogen-bond acceptors (Lipinski definition) is 3. The Hall–Kier alpha value is -9.51. The van der Waals surface area contributed by atoms with Crippen LogP contribution in [-0.4, -0.2) is 19.7 Å². The number of pyridine rings is 1. The summed E-state index contributed by atoms with van der Waals surface area (Å²) in [5.74, 6) is 2.58. The molecule has 2 heterocycles. The fraction of sp³-hybridized carbons (Fsp3) is 0.130. The molecule has 0 saturated heterocycles. The molecule has 0 radical (unpaired) electrons. The quantitative estimate of drug-likeness (QED) is 0.116. The van der Waals surface area contributed by atoms with Crippen LogP contribution in [0.25, 0.3) is 73.0 Å². The van der Waals surface area contributed by atoms with E-state index < -0.39 is 10.8 Å². The molecule has 0 bridgehead atoms. The van der Waals surface area contributed by atoms with E-state index in [-0.39, 0.29) is 0 Å². The predicted molar refractivity (Wildman–Crippen MR) is 333 cm³/mol. The van der Waals surface area contributed by atoms with Crippen molar-refractivity contribution in [1.29, 1.82) is 0 Å². The second-order valence-electron chi connectivity index (χ2n) is 23.0. The molecule has 0 saturated carbocycles. The van der Waals surface area contributed by atoms with Gasteiger partial charge in [-0.2, -0.15) is 0 Å². The zero-order chi connectivity index (χ0) is 54.7. The topological polar surface area (TPSA) is 43.6 Å². The molecule has 0 atom stereocenters. The van der Waals surface area contributed by atoms with Crippen molar-refractivity contribution >= 4 is 0 Å². The van der Waals surface area contributed by atoms with Crippen molar-refractivity contribution in [3.05, 3.63) is 323 Å². The van der Waals surface area contributed by atoms with Crippen LogP contribution in [0.4, 0.5) is 0 Å². The Kier molecular flexibility index (Phi) is 12.5. The molecule has 4 heteroatoms. The highest BCUT2D eigenvalue weighted by Gasteiger charge is 2.47. The maximum absolute atomic E-state index is 5.11. The maximum Gasteiger partial charge on any atom is 0.170 e. The van der Waals surface area contributed by atoms with Crippen LogP contribution in [0.1, 0.15) is 83.3 Å². The van der Waals surface area contributed by atoms with E-state index in [9.17, 15) is 0 Å². The van der Waals surface area contributed by atoms with Crippen molar-refractivity contribution in [1.82, 2.24) is 19.7 Å². The van der Waals surface area contributed by atoms with E-state index in [4.69, 9.17) is 10.2 Å². The highest BCUT2D eigenvalue weighted by molar-refractivity contribution is 5.89. The Balaban J connectivity index is 1.01. The van der Waals surface area contributed by atoms with Crippen molar-refractivity contribution in [2.24, 2.45) is 11.8 Å². The third kappa shape index (κ3) is 8.31. The lowest BCUT2D eigenvalue weighted by atomic mass is 9.67. The fourth-order valence-electron chi connectivity index (χ4n) is 13.7. The molecular weight excluding hydrogens is 981 g/mol. The van der Waals surface area contributed by atoms with Gasteiger partial charge < -0.3 is 0 Å². The van der Waals surface area contributed by atoms with Crippen LogP contribution in [0, 0.1) is 11.8 Å². The van der Waals surface area contributed by atoms with E-state index >= 15 is 0 Å². The summed E-state index contributed by atoms with van der Waals surface area (Å²) < 4.78 is 2.18. The summed E-state index contributed by atoms with van der Waals surface area (Å²) in [6, 6.07) is 95.3. The summed E-state index contributed by atoms with van der Waals surface area (Å²) in [5.41, 5.74) is 24.0. The molecule has 0 N–H and O–H groups in total. The van der Waals surface area contributed by atoms with E-state index in [2.05, 4.69) is 286 Å². The first-order valence-electron chi connectivity index (χ1n) is 28.6. The molecule has 2 aromatic heterocycles. The summed E-state index contributed by atoms with van der Waals surface area (Å²) in [4.78, 5) is 4.53. The zero-order valence-corrected chi connectivity index (χ0v) is 46.3. The number of hydrogen-bond donors (Lipinski definition) is 0. The van der Waals surface area contributed by atoms with Gasteiger partial charge in [0, 0.05) is 29.2 Å². The van der Waals surface area contributed by atoms with E-state index in [1.165, 1.54) is 77.9 Å². The van der Waals surface area contributed by atoms with Crippen LogP contribution >= 0.6 is 0 Å². The summed E-state index contributed by atoms with van der Waals surface area (Å²) in [6.45, 7) is 9.18. The van der Waals surface area contributed by atoms with Crippen molar-refractivity contribution in [2.75, 3.05) is 0 Å². The SMILES string of the molecule is CC(C)Cc1ccc(C2(c3cccc(-c4cc(-c5cccc(C6(c7ccc(CC(C)C)cc7)c7ccccc7-c7ccccc76)c5)cc(-c5nnc(-c6cccnc6)n5-c5ccccc5)c4)c3)c3ccccc3-c3ccccc32)cc1. The Morgan fingerprint density at radius 3 is 1.15 bits per heavy atom. The minimum Gasteiger partial charge on any atom is -0.275 e. The number of benzene rings is 10. The minimum atomic E-state index is -0.574. The molecule has 14 rings (SSSR count). The van der Waals surface area contributed by atoms with Gasteiger partial charge in [0.15, 0.2) is 11.6 Å². The smallest absolute Gasteiger partial charge is 0.170 e. The summed E-state index contributed by atoms with van der Waals surface area (Å²) >= 11 is 0. The normalized spacial score (nSPS) is 13.5. The number of aromatic nitrogens is 4. The molecule has 0 spiro atoms. The molecule has 2 aliphatic carbocycles. The maximum atomic E-state index is 5.11. The van der Waals surface area contributed by atoms with Gasteiger partial charge in [-0.15, -0.1) is 10.2 Å². The van der Waals surface area contributed by atoms with Gasteiger partial charge in [-0.05, 0) is 179 Å². The summed E-state index contributed by atoms with van der Waals surface area (Å²) in [5, 5.41) is 10.1. The molecule has 0 fully saturated rings.